The summed E-state index contributed by atoms with van der Waals surface area (Å²) in [5.41, 5.74) is 0. The molecule has 0 amide bonds. The average Bonchev–Trinajstić information content (AvgIpc) is 2.35. The van der Waals surface area contributed by atoms with E-state index in [-0.39, 0.29) is 12.5 Å². The van der Waals surface area contributed by atoms with E-state index in [0.29, 0.717) is 39.1 Å². The summed E-state index contributed by atoms with van der Waals surface area (Å²) in [6, 6.07) is 0.307. The van der Waals surface area contributed by atoms with Crippen molar-refractivity contribution in [3.05, 3.63) is 0 Å². The van der Waals surface area contributed by atoms with Crippen molar-refractivity contribution in [2.45, 2.75) is 19.9 Å². The van der Waals surface area contributed by atoms with Gasteiger partial charge in [0.25, 0.3) is 0 Å². The summed E-state index contributed by atoms with van der Waals surface area (Å²) < 4.78 is 15.5. The molecular weight excluding hydrogens is 222 g/mol. The Labute approximate surface area is 104 Å². The first kappa shape index (κ1) is 16.8. The second-order valence-electron chi connectivity index (χ2n) is 4.12. The van der Waals surface area contributed by atoms with Gasteiger partial charge in [-0.3, -0.25) is 0 Å². The molecule has 0 saturated carbocycles. The number of rotatable bonds is 12. The van der Waals surface area contributed by atoms with Crippen LogP contribution in [-0.2, 0) is 14.2 Å². The Balaban J connectivity index is 3.13. The highest BCUT2D eigenvalue weighted by molar-refractivity contribution is 4.66. The third-order valence-electron chi connectivity index (χ3n) is 2.66. The zero-order valence-electron chi connectivity index (χ0n) is 11.3. The number of aliphatic hydroxyl groups excluding tert-OH is 1. The molecule has 0 saturated heterocycles. The number of hydrogen-bond acceptors (Lipinski definition) is 5. The van der Waals surface area contributed by atoms with Crippen LogP contribution in [0.3, 0.4) is 0 Å². The molecular formula is C12H27NO4. The normalized spacial score (nSPS) is 14.8. The van der Waals surface area contributed by atoms with Crippen molar-refractivity contribution in [3.63, 3.8) is 0 Å². The minimum Gasteiger partial charge on any atom is -0.396 e. The molecule has 2 unspecified atom stereocenters. The van der Waals surface area contributed by atoms with Crippen molar-refractivity contribution in [3.8, 4) is 0 Å². The molecule has 0 aromatic carbocycles. The molecule has 2 N–H and O–H groups in total. The molecule has 0 aromatic rings. The van der Waals surface area contributed by atoms with Gasteiger partial charge in [0.1, 0.15) is 0 Å². The molecule has 104 valence electrons. The summed E-state index contributed by atoms with van der Waals surface area (Å²) in [6.07, 6.45) is 0. The number of aliphatic hydroxyl groups is 1. The Morgan fingerprint density at radius 2 is 1.59 bits per heavy atom. The number of hydrogen-bond donors (Lipinski definition) is 2. The van der Waals surface area contributed by atoms with Crippen LogP contribution in [0.15, 0.2) is 0 Å². The molecule has 2 atom stereocenters. The summed E-state index contributed by atoms with van der Waals surface area (Å²) in [5, 5.41) is 12.2. The maximum atomic E-state index is 8.95. The Bertz CT molecular complexity index is 157. The molecule has 0 rings (SSSR count). The zero-order chi connectivity index (χ0) is 12.9. The van der Waals surface area contributed by atoms with Crippen LogP contribution in [0.1, 0.15) is 13.8 Å². The lowest BCUT2D eigenvalue weighted by Gasteiger charge is -2.19. The molecule has 0 spiro atoms. The topological polar surface area (TPSA) is 60.0 Å². The summed E-state index contributed by atoms with van der Waals surface area (Å²) in [6.45, 7) is 8.20. The van der Waals surface area contributed by atoms with Crippen molar-refractivity contribution >= 4 is 0 Å². The summed E-state index contributed by atoms with van der Waals surface area (Å²) in [7, 11) is 1.65. The van der Waals surface area contributed by atoms with E-state index in [9.17, 15) is 0 Å². The van der Waals surface area contributed by atoms with Gasteiger partial charge in [0, 0.05) is 26.3 Å². The molecule has 0 radical (unpaired) electrons. The van der Waals surface area contributed by atoms with Crippen LogP contribution in [0, 0.1) is 5.92 Å². The molecule has 0 heterocycles. The van der Waals surface area contributed by atoms with Gasteiger partial charge in [-0.05, 0) is 12.8 Å². The third kappa shape index (κ3) is 10.7. The molecule has 0 aromatic heterocycles. The van der Waals surface area contributed by atoms with Crippen molar-refractivity contribution in [2.24, 2.45) is 5.92 Å². The largest absolute Gasteiger partial charge is 0.396 e. The van der Waals surface area contributed by atoms with Crippen molar-refractivity contribution in [1.29, 1.82) is 0 Å². The summed E-state index contributed by atoms with van der Waals surface area (Å²) >= 11 is 0. The van der Waals surface area contributed by atoms with Gasteiger partial charge in [-0.15, -0.1) is 0 Å². The van der Waals surface area contributed by atoms with Gasteiger partial charge < -0.3 is 24.6 Å². The first-order valence-corrected chi connectivity index (χ1v) is 6.21. The van der Waals surface area contributed by atoms with Gasteiger partial charge in [-0.1, -0.05) is 6.92 Å². The first-order chi connectivity index (χ1) is 8.22. The van der Waals surface area contributed by atoms with E-state index in [2.05, 4.69) is 12.2 Å². The first-order valence-electron chi connectivity index (χ1n) is 6.21. The van der Waals surface area contributed by atoms with E-state index < -0.39 is 0 Å². The number of ether oxygens (including phenoxy) is 3. The predicted octanol–water partition coefficient (Wildman–Crippen LogP) is 0.273. The summed E-state index contributed by atoms with van der Waals surface area (Å²) in [5.74, 6) is 0.271. The van der Waals surface area contributed by atoms with Gasteiger partial charge in [-0.2, -0.15) is 0 Å². The Morgan fingerprint density at radius 1 is 1.00 bits per heavy atom. The second-order valence-corrected chi connectivity index (χ2v) is 4.12. The highest BCUT2D eigenvalue weighted by Crippen LogP contribution is 1.99. The Morgan fingerprint density at radius 3 is 2.18 bits per heavy atom. The van der Waals surface area contributed by atoms with Crippen molar-refractivity contribution < 1.29 is 19.3 Å². The van der Waals surface area contributed by atoms with Crippen LogP contribution >= 0.6 is 0 Å². The van der Waals surface area contributed by atoms with E-state index in [1.165, 1.54) is 0 Å². The number of methoxy groups -OCH3 is 1. The monoisotopic (exact) mass is 249 g/mol. The van der Waals surface area contributed by atoms with Crippen LogP contribution in [0.2, 0.25) is 0 Å². The second kappa shape index (κ2) is 12.3. The van der Waals surface area contributed by atoms with Crippen molar-refractivity contribution in [2.75, 3.05) is 53.3 Å². The fourth-order valence-electron chi connectivity index (χ4n) is 1.18. The maximum absolute atomic E-state index is 8.95. The minimum absolute atomic E-state index is 0.211. The fourth-order valence-corrected chi connectivity index (χ4v) is 1.18. The average molecular weight is 249 g/mol. The predicted molar refractivity (Wildman–Crippen MR) is 67.2 cm³/mol. The van der Waals surface area contributed by atoms with Crippen LogP contribution in [-0.4, -0.2) is 64.4 Å². The molecule has 0 aliphatic heterocycles. The Hall–Kier alpha value is -0.200. The smallest absolute Gasteiger partial charge is 0.0701 e. The minimum atomic E-state index is 0.211. The van der Waals surface area contributed by atoms with Gasteiger partial charge in [0.2, 0.25) is 0 Å². The highest BCUT2D eigenvalue weighted by atomic mass is 16.5. The molecule has 0 fully saturated rings. The lowest BCUT2D eigenvalue weighted by Crippen LogP contribution is -2.36. The standard InChI is InChI=1S/C12H27NO4/c1-11(10-14)12(2)13-4-5-16-8-9-17-7-6-15-3/h11-14H,4-10H2,1-3H3. The van der Waals surface area contributed by atoms with E-state index in [1.807, 2.05) is 6.92 Å². The molecule has 0 aliphatic rings. The molecule has 17 heavy (non-hydrogen) atoms. The maximum Gasteiger partial charge on any atom is 0.0701 e. The van der Waals surface area contributed by atoms with E-state index in [0.717, 1.165) is 6.54 Å². The van der Waals surface area contributed by atoms with E-state index in [4.69, 9.17) is 19.3 Å². The quantitative estimate of drug-likeness (QED) is 0.486. The van der Waals surface area contributed by atoms with Gasteiger partial charge in [0.15, 0.2) is 0 Å². The molecule has 0 bridgehead atoms. The van der Waals surface area contributed by atoms with Crippen LogP contribution in [0.4, 0.5) is 0 Å². The number of nitrogens with one attached hydrogen (secondary N) is 1. The molecule has 5 heteroatoms. The zero-order valence-corrected chi connectivity index (χ0v) is 11.3. The lowest BCUT2D eigenvalue weighted by atomic mass is 10.1. The molecule has 5 nitrogen and oxygen atoms in total. The van der Waals surface area contributed by atoms with Crippen LogP contribution < -0.4 is 5.32 Å². The molecule has 0 aliphatic carbocycles. The Kier molecular flexibility index (Phi) is 12.1. The van der Waals surface area contributed by atoms with Crippen LogP contribution in [0.25, 0.3) is 0 Å². The third-order valence-corrected chi connectivity index (χ3v) is 2.66. The van der Waals surface area contributed by atoms with Gasteiger partial charge >= 0.3 is 0 Å². The lowest BCUT2D eigenvalue weighted by molar-refractivity contribution is 0.0249. The summed E-state index contributed by atoms with van der Waals surface area (Å²) in [4.78, 5) is 0. The van der Waals surface area contributed by atoms with Crippen LogP contribution in [0.5, 0.6) is 0 Å². The van der Waals surface area contributed by atoms with E-state index >= 15 is 0 Å². The van der Waals surface area contributed by atoms with Crippen molar-refractivity contribution in [1.82, 2.24) is 5.32 Å². The SMILES string of the molecule is COCCOCCOCCNC(C)C(C)CO. The van der Waals surface area contributed by atoms with E-state index in [1.54, 1.807) is 7.11 Å². The van der Waals surface area contributed by atoms with Gasteiger partial charge in [0.05, 0.1) is 33.0 Å². The highest BCUT2D eigenvalue weighted by Gasteiger charge is 2.09. The fraction of sp³-hybridized carbons (Fsp3) is 1.00. The van der Waals surface area contributed by atoms with Gasteiger partial charge in [-0.25, -0.2) is 0 Å².